The van der Waals surface area contributed by atoms with Gasteiger partial charge in [0, 0.05) is 11.4 Å². The molecule has 0 spiro atoms. The first kappa shape index (κ1) is 11.3. The van der Waals surface area contributed by atoms with Crippen molar-refractivity contribution < 1.29 is 0 Å². The van der Waals surface area contributed by atoms with Crippen LogP contribution in [-0.2, 0) is 0 Å². The zero-order valence-corrected chi connectivity index (χ0v) is 7.96. The molecule has 4 N–H and O–H groups in total. The van der Waals surface area contributed by atoms with E-state index in [1.54, 1.807) is 37.3 Å². The average Bonchev–Trinajstić information content (AvgIpc) is 2.10. The Hall–Kier alpha value is -1.70. The zero-order chi connectivity index (χ0) is 10.3. The highest BCUT2D eigenvalue weighted by atomic mass is 14.6. The first-order valence-electron chi connectivity index (χ1n) is 3.97. The van der Waals surface area contributed by atoms with Gasteiger partial charge < -0.3 is 11.5 Å². The standard InChI is InChI=1S/C11H16N2/c1-4-6-10(5-2)11(13)8-7-9(3)12/h4-8H,1-2,12-13H2,3H3/b9-7-,10-6+,11-8-. The molecule has 0 aromatic carbocycles. The van der Waals surface area contributed by atoms with Gasteiger partial charge in [0.1, 0.15) is 0 Å². The topological polar surface area (TPSA) is 52.0 Å². The van der Waals surface area contributed by atoms with Crippen molar-refractivity contribution in [1.82, 2.24) is 0 Å². The van der Waals surface area contributed by atoms with Crippen molar-refractivity contribution in [2.24, 2.45) is 11.5 Å². The van der Waals surface area contributed by atoms with Crippen molar-refractivity contribution in [3.8, 4) is 0 Å². The van der Waals surface area contributed by atoms with Crippen LogP contribution < -0.4 is 11.5 Å². The predicted octanol–water partition coefficient (Wildman–Crippen LogP) is 1.99. The highest BCUT2D eigenvalue weighted by Gasteiger charge is 1.91. The number of hydrogen-bond donors (Lipinski definition) is 2. The molecule has 0 unspecified atom stereocenters. The Balaban J connectivity index is 4.74. The maximum Gasteiger partial charge on any atom is 0.0388 e. The quantitative estimate of drug-likeness (QED) is 0.643. The predicted molar refractivity (Wildman–Crippen MR) is 58.7 cm³/mol. The molecule has 0 radical (unpaired) electrons. The van der Waals surface area contributed by atoms with Crippen LogP contribution in [0.25, 0.3) is 0 Å². The zero-order valence-electron chi connectivity index (χ0n) is 7.96. The lowest BCUT2D eigenvalue weighted by atomic mass is 10.1. The summed E-state index contributed by atoms with van der Waals surface area (Å²) >= 11 is 0. The van der Waals surface area contributed by atoms with Gasteiger partial charge in [0.05, 0.1) is 0 Å². The highest BCUT2D eigenvalue weighted by Crippen LogP contribution is 2.05. The summed E-state index contributed by atoms with van der Waals surface area (Å²) in [7, 11) is 0. The van der Waals surface area contributed by atoms with Crippen molar-refractivity contribution in [2.45, 2.75) is 6.92 Å². The van der Waals surface area contributed by atoms with Crippen LogP contribution >= 0.6 is 0 Å². The molecule has 13 heavy (non-hydrogen) atoms. The third-order valence-corrected chi connectivity index (χ3v) is 1.38. The van der Waals surface area contributed by atoms with Crippen LogP contribution in [0.3, 0.4) is 0 Å². The maximum absolute atomic E-state index is 5.74. The minimum absolute atomic E-state index is 0.625. The molecule has 0 aromatic heterocycles. The van der Waals surface area contributed by atoms with E-state index in [0.29, 0.717) is 11.4 Å². The van der Waals surface area contributed by atoms with E-state index in [2.05, 4.69) is 13.2 Å². The summed E-state index contributed by atoms with van der Waals surface area (Å²) < 4.78 is 0. The monoisotopic (exact) mass is 176 g/mol. The van der Waals surface area contributed by atoms with Crippen LogP contribution in [-0.4, -0.2) is 0 Å². The van der Waals surface area contributed by atoms with Crippen molar-refractivity contribution >= 4 is 0 Å². The minimum Gasteiger partial charge on any atom is -0.402 e. The first-order chi connectivity index (χ1) is 6.11. The molecule has 0 aromatic rings. The second-order valence-corrected chi connectivity index (χ2v) is 2.59. The van der Waals surface area contributed by atoms with Crippen LogP contribution in [0, 0.1) is 0 Å². The van der Waals surface area contributed by atoms with Gasteiger partial charge in [-0.25, -0.2) is 0 Å². The van der Waals surface area contributed by atoms with Crippen LogP contribution in [0.1, 0.15) is 6.92 Å². The molecule has 0 bridgehead atoms. The molecule has 2 heteroatoms. The smallest absolute Gasteiger partial charge is 0.0388 e. The van der Waals surface area contributed by atoms with Crippen molar-refractivity contribution in [3.05, 3.63) is 60.5 Å². The van der Waals surface area contributed by atoms with E-state index in [-0.39, 0.29) is 0 Å². The van der Waals surface area contributed by atoms with E-state index in [1.807, 2.05) is 0 Å². The fourth-order valence-corrected chi connectivity index (χ4v) is 0.727. The molecule has 0 fully saturated rings. The molecular weight excluding hydrogens is 160 g/mol. The van der Waals surface area contributed by atoms with Crippen LogP contribution in [0.4, 0.5) is 0 Å². The number of nitrogens with two attached hydrogens (primary N) is 2. The number of hydrogen-bond acceptors (Lipinski definition) is 2. The third-order valence-electron chi connectivity index (χ3n) is 1.38. The van der Waals surface area contributed by atoms with E-state index in [9.17, 15) is 0 Å². The van der Waals surface area contributed by atoms with Crippen LogP contribution in [0.5, 0.6) is 0 Å². The van der Waals surface area contributed by atoms with Gasteiger partial charge in [0.25, 0.3) is 0 Å². The lowest BCUT2D eigenvalue weighted by Gasteiger charge is -1.99. The van der Waals surface area contributed by atoms with Gasteiger partial charge in [-0.1, -0.05) is 31.4 Å². The van der Waals surface area contributed by atoms with E-state index in [0.717, 1.165) is 5.57 Å². The SMILES string of the molecule is C=C/C=C(C=C)/C(N)=C/C=C(/C)N. The number of rotatable bonds is 4. The van der Waals surface area contributed by atoms with E-state index >= 15 is 0 Å². The molecule has 0 heterocycles. The summed E-state index contributed by atoms with van der Waals surface area (Å²) in [5.41, 5.74) is 13.4. The van der Waals surface area contributed by atoms with Crippen LogP contribution in [0.15, 0.2) is 60.5 Å². The average molecular weight is 176 g/mol. The van der Waals surface area contributed by atoms with E-state index < -0.39 is 0 Å². The Kier molecular flexibility index (Phi) is 5.12. The Morgan fingerprint density at radius 1 is 1.08 bits per heavy atom. The fraction of sp³-hybridized carbons (Fsp3) is 0.0909. The van der Waals surface area contributed by atoms with E-state index in [1.165, 1.54) is 0 Å². The lowest BCUT2D eigenvalue weighted by molar-refractivity contribution is 1.29. The largest absolute Gasteiger partial charge is 0.402 e. The molecule has 0 aliphatic carbocycles. The van der Waals surface area contributed by atoms with Crippen molar-refractivity contribution in [1.29, 1.82) is 0 Å². The van der Waals surface area contributed by atoms with Gasteiger partial charge in [-0.15, -0.1) is 0 Å². The van der Waals surface area contributed by atoms with Gasteiger partial charge in [-0.2, -0.15) is 0 Å². The molecular formula is C11H16N2. The second-order valence-electron chi connectivity index (χ2n) is 2.59. The lowest BCUT2D eigenvalue weighted by Crippen LogP contribution is -1.99. The maximum atomic E-state index is 5.74. The Morgan fingerprint density at radius 2 is 1.69 bits per heavy atom. The van der Waals surface area contributed by atoms with Gasteiger partial charge in [0.15, 0.2) is 0 Å². The highest BCUT2D eigenvalue weighted by molar-refractivity contribution is 5.40. The van der Waals surface area contributed by atoms with Crippen LogP contribution in [0.2, 0.25) is 0 Å². The normalized spacial score (nSPS) is 14.1. The molecule has 0 aliphatic heterocycles. The summed E-state index contributed by atoms with van der Waals surface area (Å²) in [6, 6.07) is 0. The summed E-state index contributed by atoms with van der Waals surface area (Å²) in [5.74, 6) is 0. The van der Waals surface area contributed by atoms with Gasteiger partial charge in [-0.3, -0.25) is 0 Å². The summed E-state index contributed by atoms with van der Waals surface area (Å²) in [5, 5.41) is 0. The molecule has 0 amide bonds. The fourth-order valence-electron chi connectivity index (χ4n) is 0.727. The van der Waals surface area contributed by atoms with Gasteiger partial charge in [0.2, 0.25) is 0 Å². The Morgan fingerprint density at radius 3 is 2.08 bits per heavy atom. The Bertz CT molecular complexity index is 276. The first-order valence-corrected chi connectivity index (χ1v) is 3.97. The molecule has 0 aliphatic rings. The van der Waals surface area contributed by atoms with Crippen molar-refractivity contribution in [3.63, 3.8) is 0 Å². The minimum atomic E-state index is 0.625. The van der Waals surface area contributed by atoms with Crippen molar-refractivity contribution in [2.75, 3.05) is 0 Å². The molecule has 0 atom stereocenters. The molecule has 2 nitrogen and oxygen atoms in total. The van der Waals surface area contributed by atoms with Gasteiger partial charge >= 0.3 is 0 Å². The van der Waals surface area contributed by atoms with E-state index in [4.69, 9.17) is 11.5 Å². The molecule has 0 saturated heterocycles. The second kappa shape index (κ2) is 5.89. The molecule has 0 saturated carbocycles. The summed E-state index contributed by atoms with van der Waals surface area (Å²) in [6.45, 7) is 9.02. The molecule has 70 valence electrons. The summed E-state index contributed by atoms with van der Waals surface area (Å²) in [4.78, 5) is 0. The number of allylic oxidation sites excluding steroid dienone is 6. The molecule has 0 rings (SSSR count). The third kappa shape index (κ3) is 4.69. The summed E-state index contributed by atoms with van der Waals surface area (Å²) in [6.07, 6.45) is 8.62. The Labute approximate surface area is 79.6 Å². The van der Waals surface area contributed by atoms with Gasteiger partial charge in [-0.05, 0) is 24.6 Å².